The van der Waals surface area contributed by atoms with E-state index >= 15 is 0 Å². The number of hydrogen-bond acceptors (Lipinski definition) is 5. The molecule has 0 aliphatic rings. The van der Waals surface area contributed by atoms with Gasteiger partial charge in [-0.3, -0.25) is 9.59 Å². The van der Waals surface area contributed by atoms with Crippen LogP contribution >= 0.6 is 0 Å². The minimum absolute atomic E-state index is 0.0972. The maximum Gasteiger partial charge on any atom is 0.306 e. The van der Waals surface area contributed by atoms with Gasteiger partial charge in [0.25, 0.3) is 5.91 Å². The molecule has 2 aromatic rings. The number of amides is 1. The Balaban J connectivity index is 1.80. The fraction of sp³-hybridized carbons (Fsp3) is 0.364. The van der Waals surface area contributed by atoms with E-state index in [1.165, 1.54) is 4.31 Å². The molecule has 30 heavy (non-hydrogen) atoms. The van der Waals surface area contributed by atoms with Gasteiger partial charge >= 0.3 is 5.97 Å². The van der Waals surface area contributed by atoms with Crippen LogP contribution in [0, 0.1) is 6.92 Å². The van der Waals surface area contributed by atoms with Gasteiger partial charge in [-0.25, -0.2) is 8.42 Å². The minimum Gasteiger partial charge on any atom is -0.456 e. The van der Waals surface area contributed by atoms with Crippen molar-refractivity contribution in [3.8, 4) is 0 Å². The van der Waals surface area contributed by atoms with E-state index in [9.17, 15) is 18.0 Å². The lowest BCUT2D eigenvalue weighted by atomic mass is 10.1. The fourth-order valence-corrected chi connectivity index (χ4v) is 4.30. The van der Waals surface area contributed by atoms with Crippen molar-refractivity contribution in [2.75, 3.05) is 25.0 Å². The molecule has 0 aromatic heterocycles. The second-order valence-corrected chi connectivity index (χ2v) is 8.75. The molecule has 0 fully saturated rings. The van der Waals surface area contributed by atoms with Gasteiger partial charge in [0.2, 0.25) is 10.0 Å². The number of sulfonamides is 1. The van der Waals surface area contributed by atoms with Gasteiger partial charge in [0.15, 0.2) is 6.61 Å². The molecule has 2 rings (SSSR count). The summed E-state index contributed by atoms with van der Waals surface area (Å²) in [7, 11) is -3.50. The minimum atomic E-state index is -3.50. The number of carbonyl (C=O) groups excluding carboxylic acids is 2. The third-order valence-corrected chi connectivity index (χ3v) is 6.65. The van der Waals surface area contributed by atoms with Crippen LogP contribution in [0.15, 0.2) is 53.4 Å². The summed E-state index contributed by atoms with van der Waals surface area (Å²) < 4.78 is 31.4. The Hall–Kier alpha value is -2.71. The van der Waals surface area contributed by atoms with Gasteiger partial charge in [-0.05, 0) is 43.2 Å². The number of nitrogens with zero attached hydrogens (tertiary/aromatic N) is 1. The Morgan fingerprint density at radius 3 is 2.13 bits per heavy atom. The van der Waals surface area contributed by atoms with E-state index in [4.69, 9.17) is 4.74 Å². The van der Waals surface area contributed by atoms with E-state index in [1.807, 2.05) is 19.1 Å². The highest BCUT2D eigenvalue weighted by Crippen LogP contribution is 2.17. The van der Waals surface area contributed by atoms with E-state index in [2.05, 4.69) is 5.32 Å². The zero-order chi connectivity index (χ0) is 22.1. The van der Waals surface area contributed by atoms with Crippen molar-refractivity contribution in [1.82, 2.24) is 4.31 Å². The predicted octanol–water partition coefficient (Wildman–Crippen LogP) is 3.14. The van der Waals surface area contributed by atoms with E-state index in [0.29, 0.717) is 25.2 Å². The normalized spacial score (nSPS) is 11.3. The number of carbonyl (C=O) groups is 2. The molecule has 0 bridgehead atoms. The average molecular weight is 433 g/mol. The van der Waals surface area contributed by atoms with Gasteiger partial charge in [-0.1, -0.05) is 43.7 Å². The Bertz CT molecular complexity index is 950. The molecule has 0 atom stereocenters. The van der Waals surface area contributed by atoms with Crippen molar-refractivity contribution < 1.29 is 22.7 Å². The Morgan fingerprint density at radius 1 is 0.967 bits per heavy atom. The number of esters is 1. The van der Waals surface area contributed by atoms with E-state index < -0.39 is 21.9 Å². The van der Waals surface area contributed by atoms with Crippen molar-refractivity contribution in [2.45, 2.75) is 38.5 Å². The predicted molar refractivity (Wildman–Crippen MR) is 116 cm³/mol. The first-order chi connectivity index (χ1) is 14.3. The number of benzene rings is 2. The van der Waals surface area contributed by atoms with Crippen molar-refractivity contribution in [1.29, 1.82) is 0 Å². The first kappa shape index (κ1) is 23.6. The zero-order valence-corrected chi connectivity index (χ0v) is 18.4. The van der Waals surface area contributed by atoms with E-state index in [-0.39, 0.29) is 17.9 Å². The molecule has 162 valence electrons. The first-order valence-corrected chi connectivity index (χ1v) is 11.3. The second kappa shape index (κ2) is 10.9. The van der Waals surface area contributed by atoms with Crippen LogP contribution in [0.4, 0.5) is 5.69 Å². The standard InChI is InChI=1S/C22H28N2O5S/c1-4-24(5-2)30(27,28)20-13-8-18(9-14-20)10-15-22(26)29-16-21(25)23-19-11-6-17(3)7-12-19/h6-9,11-14H,4-5,10,15-16H2,1-3H3,(H,23,25). The van der Waals surface area contributed by atoms with Gasteiger partial charge in [-0.2, -0.15) is 4.31 Å². The van der Waals surface area contributed by atoms with Crippen LogP contribution in [0.3, 0.4) is 0 Å². The van der Waals surface area contributed by atoms with Gasteiger partial charge in [0.05, 0.1) is 4.90 Å². The van der Waals surface area contributed by atoms with E-state index in [1.54, 1.807) is 50.2 Å². The summed E-state index contributed by atoms with van der Waals surface area (Å²) >= 11 is 0. The van der Waals surface area contributed by atoms with Crippen LogP contribution in [-0.2, 0) is 30.8 Å². The largest absolute Gasteiger partial charge is 0.456 e. The second-order valence-electron chi connectivity index (χ2n) is 6.81. The molecule has 8 heteroatoms. The molecule has 0 aliphatic heterocycles. The average Bonchev–Trinajstić information content (AvgIpc) is 2.73. The highest BCUT2D eigenvalue weighted by atomic mass is 32.2. The molecular weight excluding hydrogens is 404 g/mol. The SMILES string of the molecule is CCN(CC)S(=O)(=O)c1ccc(CCC(=O)OCC(=O)Nc2ccc(C)cc2)cc1. The summed E-state index contributed by atoms with van der Waals surface area (Å²) in [5, 5.41) is 2.66. The maximum absolute atomic E-state index is 12.5. The number of aryl methyl sites for hydroxylation is 2. The lowest BCUT2D eigenvalue weighted by Crippen LogP contribution is -2.30. The van der Waals surface area contributed by atoms with Crippen LogP contribution in [0.1, 0.15) is 31.4 Å². The summed E-state index contributed by atoms with van der Waals surface area (Å²) in [5.74, 6) is -0.896. The highest BCUT2D eigenvalue weighted by Gasteiger charge is 2.21. The molecule has 1 N–H and O–H groups in total. The summed E-state index contributed by atoms with van der Waals surface area (Å²) in [6.45, 7) is 6.00. The quantitative estimate of drug-likeness (QED) is 0.582. The lowest BCUT2D eigenvalue weighted by molar-refractivity contribution is -0.147. The molecule has 7 nitrogen and oxygen atoms in total. The molecule has 0 saturated heterocycles. The Kier molecular flexibility index (Phi) is 8.56. The van der Waals surface area contributed by atoms with Crippen LogP contribution in [0.25, 0.3) is 0 Å². The van der Waals surface area contributed by atoms with Crippen molar-refractivity contribution >= 4 is 27.6 Å². The molecule has 0 saturated carbocycles. The van der Waals surface area contributed by atoms with Gasteiger partial charge in [0.1, 0.15) is 0 Å². The summed E-state index contributed by atoms with van der Waals surface area (Å²) in [4.78, 5) is 24.0. The molecule has 0 unspecified atom stereocenters. The summed E-state index contributed by atoms with van der Waals surface area (Å²) in [6.07, 6.45) is 0.490. The van der Waals surface area contributed by atoms with Crippen LogP contribution in [0.5, 0.6) is 0 Å². The van der Waals surface area contributed by atoms with Crippen molar-refractivity contribution in [2.24, 2.45) is 0 Å². The number of ether oxygens (including phenoxy) is 1. The lowest BCUT2D eigenvalue weighted by Gasteiger charge is -2.18. The molecule has 0 spiro atoms. The third kappa shape index (κ3) is 6.67. The van der Waals surface area contributed by atoms with Crippen LogP contribution in [0.2, 0.25) is 0 Å². The molecule has 1 amide bonds. The summed E-state index contributed by atoms with van der Waals surface area (Å²) in [6, 6.07) is 13.8. The maximum atomic E-state index is 12.5. The molecule has 0 aliphatic carbocycles. The summed E-state index contributed by atoms with van der Waals surface area (Å²) in [5.41, 5.74) is 2.54. The molecule has 0 radical (unpaired) electrons. The van der Waals surface area contributed by atoms with Gasteiger partial charge in [0, 0.05) is 25.2 Å². The van der Waals surface area contributed by atoms with Gasteiger partial charge < -0.3 is 10.1 Å². The smallest absolute Gasteiger partial charge is 0.306 e. The number of nitrogens with one attached hydrogen (secondary N) is 1. The number of hydrogen-bond donors (Lipinski definition) is 1. The van der Waals surface area contributed by atoms with Crippen molar-refractivity contribution in [3.05, 3.63) is 59.7 Å². The first-order valence-electron chi connectivity index (χ1n) is 9.87. The number of anilines is 1. The zero-order valence-electron chi connectivity index (χ0n) is 17.6. The van der Waals surface area contributed by atoms with Gasteiger partial charge in [-0.15, -0.1) is 0 Å². The highest BCUT2D eigenvalue weighted by molar-refractivity contribution is 7.89. The Morgan fingerprint density at radius 2 is 1.57 bits per heavy atom. The third-order valence-electron chi connectivity index (χ3n) is 4.58. The van der Waals surface area contributed by atoms with Crippen LogP contribution in [-0.4, -0.2) is 44.3 Å². The molecular formula is C22H28N2O5S. The fourth-order valence-electron chi connectivity index (χ4n) is 2.84. The van der Waals surface area contributed by atoms with E-state index in [0.717, 1.165) is 11.1 Å². The monoisotopic (exact) mass is 432 g/mol. The number of rotatable bonds is 10. The van der Waals surface area contributed by atoms with Crippen molar-refractivity contribution in [3.63, 3.8) is 0 Å². The Labute approximate surface area is 178 Å². The topological polar surface area (TPSA) is 92.8 Å². The molecule has 2 aromatic carbocycles. The van der Waals surface area contributed by atoms with Crippen LogP contribution < -0.4 is 5.32 Å². The molecule has 0 heterocycles.